The van der Waals surface area contributed by atoms with Crippen LogP contribution in [-0.4, -0.2) is 26.6 Å². The number of nitrogens with zero attached hydrogens (tertiary/aromatic N) is 1. The third kappa shape index (κ3) is 4.07. The van der Waals surface area contributed by atoms with Crippen LogP contribution < -0.4 is 10.1 Å². The Morgan fingerprint density at radius 1 is 1.18 bits per heavy atom. The highest BCUT2D eigenvalue weighted by Crippen LogP contribution is 2.33. The maximum Gasteiger partial charge on any atom is 0.234 e. The highest BCUT2D eigenvalue weighted by molar-refractivity contribution is 7.91. The van der Waals surface area contributed by atoms with Gasteiger partial charge in [-0.1, -0.05) is 6.08 Å². The van der Waals surface area contributed by atoms with E-state index in [1.54, 1.807) is 30.3 Å². The standard InChI is InChI=1S/C20H19FN2O4S/c1-3-13-22-19-20(28(24,25)17-11-7-15(21)8-12-17)23-18(27-19)14-5-9-16(10-6-14)26-4-2/h3,5-12,22H,1,4,13H2,2H3. The summed E-state index contributed by atoms with van der Waals surface area (Å²) in [5.74, 6) is 0.282. The van der Waals surface area contributed by atoms with Crippen molar-refractivity contribution in [3.63, 3.8) is 0 Å². The van der Waals surface area contributed by atoms with Crippen LogP contribution in [0.3, 0.4) is 0 Å². The molecule has 0 fully saturated rings. The molecule has 1 heterocycles. The summed E-state index contributed by atoms with van der Waals surface area (Å²) in [6.45, 7) is 6.30. The van der Waals surface area contributed by atoms with Crippen LogP contribution in [0.1, 0.15) is 6.92 Å². The Hall–Kier alpha value is -3.13. The van der Waals surface area contributed by atoms with Crippen LogP contribution >= 0.6 is 0 Å². The lowest BCUT2D eigenvalue weighted by Gasteiger charge is -2.04. The number of rotatable bonds is 8. The molecule has 0 bridgehead atoms. The van der Waals surface area contributed by atoms with E-state index in [1.165, 1.54) is 12.1 Å². The summed E-state index contributed by atoms with van der Waals surface area (Å²) in [7, 11) is -4.01. The van der Waals surface area contributed by atoms with Gasteiger partial charge in [0.15, 0.2) is 0 Å². The van der Waals surface area contributed by atoms with Gasteiger partial charge < -0.3 is 14.5 Å². The Bertz CT molecular complexity index is 1060. The summed E-state index contributed by atoms with van der Waals surface area (Å²) in [5.41, 5.74) is 0.589. The Morgan fingerprint density at radius 2 is 1.86 bits per heavy atom. The molecular weight excluding hydrogens is 383 g/mol. The number of oxazole rings is 1. The zero-order valence-corrected chi connectivity index (χ0v) is 16.0. The quantitative estimate of drug-likeness (QED) is 0.447. The molecule has 0 atom stereocenters. The molecule has 8 heteroatoms. The topological polar surface area (TPSA) is 81.4 Å². The number of sulfone groups is 1. The highest BCUT2D eigenvalue weighted by Gasteiger charge is 2.28. The van der Waals surface area contributed by atoms with E-state index in [-0.39, 0.29) is 28.2 Å². The molecular formula is C20H19FN2O4S. The van der Waals surface area contributed by atoms with Gasteiger partial charge >= 0.3 is 0 Å². The van der Waals surface area contributed by atoms with Gasteiger partial charge in [0.05, 0.1) is 11.5 Å². The third-order valence-electron chi connectivity index (χ3n) is 3.79. The van der Waals surface area contributed by atoms with Gasteiger partial charge in [-0.2, -0.15) is 4.98 Å². The van der Waals surface area contributed by atoms with Crippen molar-refractivity contribution in [1.29, 1.82) is 0 Å². The third-order valence-corrected chi connectivity index (χ3v) is 5.47. The number of hydrogen-bond donors (Lipinski definition) is 1. The number of anilines is 1. The first-order valence-corrected chi connectivity index (χ1v) is 10.0. The zero-order valence-electron chi connectivity index (χ0n) is 15.2. The molecule has 0 saturated heterocycles. The number of hydrogen-bond acceptors (Lipinski definition) is 6. The van der Waals surface area contributed by atoms with E-state index in [4.69, 9.17) is 9.15 Å². The number of nitrogens with one attached hydrogen (secondary N) is 1. The van der Waals surface area contributed by atoms with Gasteiger partial charge in [0, 0.05) is 12.1 Å². The Kier molecular flexibility index (Phi) is 5.79. The molecule has 0 aliphatic rings. The van der Waals surface area contributed by atoms with Gasteiger partial charge in [-0.25, -0.2) is 12.8 Å². The number of ether oxygens (including phenoxy) is 1. The molecule has 146 valence electrons. The minimum absolute atomic E-state index is 0.00638. The van der Waals surface area contributed by atoms with Gasteiger partial charge in [0.2, 0.25) is 26.6 Å². The normalized spacial score (nSPS) is 11.2. The summed E-state index contributed by atoms with van der Waals surface area (Å²) < 4.78 is 50.2. The first-order valence-electron chi connectivity index (χ1n) is 8.55. The first kappa shape index (κ1) is 19.6. The lowest BCUT2D eigenvalue weighted by molar-refractivity contribution is 0.340. The minimum atomic E-state index is -4.01. The molecule has 1 aromatic heterocycles. The Labute approximate surface area is 162 Å². The molecule has 6 nitrogen and oxygen atoms in total. The van der Waals surface area contributed by atoms with E-state index in [2.05, 4.69) is 16.9 Å². The molecule has 0 spiro atoms. The van der Waals surface area contributed by atoms with E-state index in [9.17, 15) is 12.8 Å². The summed E-state index contributed by atoms with van der Waals surface area (Å²) >= 11 is 0. The van der Waals surface area contributed by atoms with Crippen molar-refractivity contribution in [3.8, 4) is 17.2 Å². The molecule has 3 rings (SSSR count). The SMILES string of the molecule is C=CCNc1oc(-c2ccc(OCC)cc2)nc1S(=O)(=O)c1ccc(F)cc1. The lowest BCUT2D eigenvalue weighted by atomic mass is 10.2. The van der Waals surface area contributed by atoms with E-state index >= 15 is 0 Å². The number of halogens is 1. The van der Waals surface area contributed by atoms with Gasteiger partial charge in [-0.05, 0) is 55.5 Å². The van der Waals surface area contributed by atoms with Crippen molar-refractivity contribution in [2.45, 2.75) is 16.8 Å². The summed E-state index contributed by atoms with van der Waals surface area (Å²) in [6.07, 6.45) is 1.56. The first-order chi connectivity index (χ1) is 13.5. The zero-order chi connectivity index (χ0) is 20.1. The van der Waals surface area contributed by atoms with E-state index in [0.29, 0.717) is 17.9 Å². The summed E-state index contributed by atoms with van der Waals surface area (Å²) in [4.78, 5) is 4.11. The largest absolute Gasteiger partial charge is 0.494 e. The maximum atomic E-state index is 13.2. The van der Waals surface area contributed by atoms with Crippen LogP contribution in [0.25, 0.3) is 11.5 Å². The van der Waals surface area contributed by atoms with Crippen molar-refractivity contribution in [1.82, 2.24) is 4.98 Å². The minimum Gasteiger partial charge on any atom is -0.494 e. The average molecular weight is 402 g/mol. The average Bonchev–Trinajstić information content (AvgIpc) is 3.12. The van der Waals surface area contributed by atoms with Crippen LogP contribution in [0, 0.1) is 5.82 Å². The fourth-order valence-corrected chi connectivity index (χ4v) is 3.75. The molecule has 2 aromatic carbocycles. The molecule has 0 aliphatic heterocycles. The molecule has 3 aromatic rings. The van der Waals surface area contributed by atoms with Crippen molar-refractivity contribution < 1.29 is 22.0 Å². The van der Waals surface area contributed by atoms with E-state index < -0.39 is 15.7 Å². The predicted octanol–water partition coefficient (Wildman–Crippen LogP) is 4.31. The second kappa shape index (κ2) is 8.26. The van der Waals surface area contributed by atoms with Crippen LogP contribution in [0.15, 0.2) is 75.5 Å². The molecule has 0 aliphatic carbocycles. The van der Waals surface area contributed by atoms with Crippen molar-refractivity contribution in [2.24, 2.45) is 0 Å². The summed E-state index contributed by atoms with van der Waals surface area (Å²) in [5, 5.41) is 2.57. The summed E-state index contributed by atoms with van der Waals surface area (Å²) in [6, 6.07) is 11.5. The second-order valence-electron chi connectivity index (χ2n) is 5.74. The monoisotopic (exact) mass is 402 g/mol. The maximum absolute atomic E-state index is 13.2. The van der Waals surface area contributed by atoms with Crippen molar-refractivity contribution >= 4 is 15.7 Å². The van der Waals surface area contributed by atoms with Gasteiger partial charge in [-0.3, -0.25) is 0 Å². The van der Waals surface area contributed by atoms with E-state index in [1.807, 2.05) is 6.92 Å². The van der Waals surface area contributed by atoms with Crippen LogP contribution in [0.5, 0.6) is 5.75 Å². The lowest BCUT2D eigenvalue weighted by Crippen LogP contribution is -2.07. The fourth-order valence-electron chi connectivity index (χ4n) is 2.47. The molecule has 0 amide bonds. The van der Waals surface area contributed by atoms with Gasteiger partial charge in [0.1, 0.15) is 11.6 Å². The number of aromatic nitrogens is 1. The smallest absolute Gasteiger partial charge is 0.234 e. The van der Waals surface area contributed by atoms with Crippen molar-refractivity contribution in [2.75, 3.05) is 18.5 Å². The second-order valence-corrected chi connectivity index (χ2v) is 7.60. The Morgan fingerprint density at radius 3 is 2.46 bits per heavy atom. The highest BCUT2D eigenvalue weighted by atomic mass is 32.2. The molecule has 0 unspecified atom stereocenters. The van der Waals surface area contributed by atoms with Crippen LogP contribution in [0.2, 0.25) is 0 Å². The molecule has 1 N–H and O–H groups in total. The van der Waals surface area contributed by atoms with Gasteiger partial charge in [-0.15, -0.1) is 6.58 Å². The molecule has 0 saturated carbocycles. The molecule has 28 heavy (non-hydrogen) atoms. The van der Waals surface area contributed by atoms with Gasteiger partial charge in [0.25, 0.3) is 0 Å². The predicted molar refractivity (Wildman–Crippen MR) is 104 cm³/mol. The number of benzene rings is 2. The fraction of sp³-hybridized carbons (Fsp3) is 0.150. The van der Waals surface area contributed by atoms with E-state index in [0.717, 1.165) is 12.1 Å². The Balaban J connectivity index is 2.04. The van der Waals surface area contributed by atoms with Crippen LogP contribution in [0.4, 0.5) is 10.3 Å². The van der Waals surface area contributed by atoms with Crippen molar-refractivity contribution in [3.05, 3.63) is 67.0 Å². The molecule has 0 radical (unpaired) electrons. The van der Waals surface area contributed by atoms with Crippen LogP contribution in [-0.2, 0) is 9.84 Å².